The van der Waals surface area contributed by atoms with Crippen molar-refractivity contribution in [1.82, 2.24) is 0 Å². The zero-order valence-corrected chi connectivity index (χ0v) is 13.9. The van der Waals surface area contributed by atoms with Crippen LogP contribution in [0.25, 0.3) is 0 Å². The van der Waals surface area contributed by atoms with Crippen LogP contribution in [-0.2, 0) is 5.75 Å². The van der Waals surface area contributed by atoms with Crippen LogP contribution in [0.3, 0.4) is 0 Å². The Bertz CT molecular complexity index is 687. The van der Waals surface area contributed by atoms with Crippen molar-refractivity contribution in [3.8, 4) is 11.5 Å². The van der Waals surface area contributed by atoms with Gasteiger partial charge in [0.05, 0.1) is 20.4 Å². The number of amidine groups is 1. The average Bonchev–Trinajstić information content (AvgIpc) is 2.60. The Morgan fingerprint density at radius 1 is 1.09 bits per heavy atom. The Balaban J connectivity index is 1.94. The van der Waals surface area contributed by atoms with E-state index in [1.54, 1.807) is 20.4 Å². The van der Waals surface area contributed by atoms with Gasteiger partial charge in [0.25, 0.3) is 0 Å². The number of ether oxygens (including phenoxy) is 2. The first kappa shape index (κ1) is 16.9. The molecule has 2 aromatic carbocycles. The maximum absolute atomic E-state index is 5.84. The number of nitrogens with two attached hydrogens (primary N) is 1. The molecule has 120 valence electrons. The Labute approximate surface area is 140 Å². The SMILES string of the molecule is COc1ccc(C=NN=C(N)SCc2ccccc2)cc1OC. The summed E-state index contributed by atoms with van der Waals surface area (Å²) in [6.45, 7) is 0. The van der Waals surface area contributed by atoms with Gasteiger partial charge in [0.2, 0.25) is 0 Å². The molecule has 0 bridgehead atoms. The van der Waals surface area contributed by atoms with Gasteiger partial charge in [-0.2, -0.15) is 5.10 Å². The highest BCUT2D eigenvalue weighted by atomic mass is 32.2. The summed E-state index contributed by atoms with van der Waals surface area (Å²) in [5.41, 5.74) is 7.89. The van der Waals surface area contributed by atoms with Crippen LogP contribution in [0.1, 0.15) is 11.1 Å². The van der Waals surface area contributed by atoms with E-state index in [4.69, 9.17) is 15.2 Å². The lowest BCUT2D eigenvalue weighted by Crippen LogP contribution is -2.06. The first-order valence-corrected chi connectivity index (χ1v) is 7.96. The zero-order chi connectivity index (χ0) is 16.5. The lowest BCUT2D eigenvalue weighted by molar-refractivity contribution is 0.355. The Morgan fingerprint density at radius 2 is 1.83 bits per heavy atom. The van der Waals surface area contributed by atoms with Gasteiger partial charge in [-0.25, -0.2) is 0 Å². The second-order valence-corrected chi connectivity index (χ2v) is 5.57. The molecule has 5 nitrogen and oxygen atoms in total. The van der Waals surface area contributed by atoms with Crippen LogP contribution in [-0.4, -0.2) is 25.6 Å². The minimum Gasteiger partial charge on any atom is -0.493 e. The number of methoxy groups -OCH3 is 2. The quantitative estimate of drug-likeness (QED) is 0.501. The van der Waals surface area contributed by atoms with Crippen LogP contribution >= 0.6 is 11.8 Å². The largest absolute Gasteiger partial charge is 0.493 e. The zero-order valence-electron chi connectivity index (χ0n) is 13.1. The highest BCUT2D eigenvalue weighted by molar-refractivity contribution is 8.13. The molecule has 0 saturated heterocycles. The Hall–Kier alpha value is -2.47. The van der Waals surface area contributed by atoms with Crippen molar-refractivity contribution in [3.63, 3.8) is 0 Å². The number of rotatable bonds is 6. The first-order chi connectivity index (χ1) is 11.2. The van der Waals surface area contributed by atoms with E-state index >= 15 is 0 Å². The fourth-order valence-corrected chi connectivity index (χ4v) is 2.46. The summed E-state index contributed by atoms with van der Waals surface area (Å²) in [6.07, 6.45) is 1.62. The van der Waals surface area contributed by atoms with Gasteiger partial charge in [0.15, 0.2) is 16.7 Å². The molecule has 0 aliphatic carbocycles. The van der Waals surface area contributed by atoms with E-state index in [0.717, 1.165) is 11.3 Å². The molecule has 0 aliphatic rings. The summed E-state index contributed by atoms with van der Waals surface area (Å²) in [5, 5.41) is 8.41. The van der Waals surface area contributed by atoms with Crippen LogP contribution in [0.2, 0.25) is 0 Å². The molecule has 23 heavy (non-hydrogen) atoms. The summed E-state index contributed by atoms with van der Waals surface area (Å²) >= 11 is 1.45. The number of nitrogens with zero attached hydrogens (tertiary/aromatic N) is 2. The fraction of sp³-hybridized carbons (Fsp3) is 0.176. The summed E-state index contributed by atoms with van der Waals surface area (Å²) in [6, 6.07) is 15.6. The van der Waals surface area contributed by atoms with Gasteiger partial charge in [-0.3, -0.25) is 0 Å². The topological polar surface area (TPSA) is 69.2 Å². The molecule has 0 radical (unpaired) electrons. The van der Waals surface area contributed by atoms with Gasteiger partial charge in [-0.15, -0.1) is 5.10 Å². The van der Waals surface area contributed by atoms with Crippen molar-refractivity contribution in [1.29, 1.82) is 0 Å². The normalized spacial score (nSPS) is 11.7. The predicted molar refractivity (Wildman–Crippen MR) is 96.5 cm³/mol. The molecule has 2 rings (SSSR count). The molecule has 2 aromatic rings. The molecule has 0 spiro atoms. The number of hydrogen-bond donors (Lipinski definition) is 1. The van der Waals surface area contributed by atoms with Crippen molar-refractivity contribution in [2.75, 3.05) is 14.2 Å². The number of benzene rings is 2. The summed E-state index contributed by atoms with van der Waals surface area (Å²) in [7, 11) is 3.19. The molecule has 6 heteroatoms. The van der Waals surface area contributed by atoms with Crippen molar-refractivity contribution in [2.45, 2.75) is 5.75 Å². The summed E-state index contributed by atoms with van der Waals surface area (Å²) < 4.78 is 10.4. The lowest BCUT2D eigenvalue weighted by Gasteiger charge is -2.07. The van der Waals surface area contributed by atoms with Crippen LogP contribution in [0.5, 0.6) is 11.5 Å². The van der Waals surface area contributed by atoms with E-state index in [1.165, 1.54) is 17.3 Å². The van der Waals surface area contributed by atoms with Gasteiger partial charge >= 0.3 is 0 Å². The minimum atomic E-state index is 0.422. The molecule has 0 heterocycles. The van der Waals surface area contributed by atoms with E-state index in [0.29, 0.717) is 16.7 Å². The van der Waals surface area contributed by atoms with Crippen LogP contribution < -0.4 is 15.2 Å². The second-order valence-electron chi connectivity index (χ2n) is 4.57. The third-order valence-electron chi connectivity index (χ3n) is 3.00. The smallest absolute Gasteiger partial charge is 0.180 e. The van der Waals surface area contributed by atoms with E-state index < -0.39 is 0 Å². The molecule has 0 atom stereocenters. The predicted octanol–water partition coefficient (Wildman–Crippen LogP) is 3.29. The van der Waals surface area contributed by atoms with Crippen LogP contribution in [0.4, 0.5) is 0 Å². The monoisotopic (exact) mass is 329 g/mol. The molecule has 0 amide bonds. The summed E-state index contributed by atoms with van der Waals surface area (Å²) in [5.74, 6) is 2.08. The van der Waals surface area contributed by atoms with E-state index in [1.807, 2.05) is 48.5 Å². The standard InChI is InChI=1S/C17H19N3O2S/c1-21-15-9-8-14(10-16(15)22-2)11-19-20-17(18)23-12-13-6-4-3-5-7-13/h3-11H,12H2,1-2H3,(H2,18,20). The molecule has 0 aromatic heterocycles. The minimum absolute atomic E-state index is 0.422. The number of hydrogen-bond acceptors (Lipinski definition) is 5. The first-order valence-electron chi connectivity index (χ1n) is 6.98. The van der Waals surface area contributed by atoms with Gasteiger partial charge < -0.3 is 15.2 Å². The number of thioether (sulfide) groups is 1. The second kappa shape index (κ2) is 8.85. The molecule has 0 fully saturated rings. The maximum Gasteiger partial charge on any atom is 0.180 e. The van der Waals surface area contributed by atoms with Gasteiger partial charge in [0, 0.05) is 5.75 Å². The van der Waals surface area contributed by atoms with E-state index in [9.17, 15) is 0 Å². The van der Waals surface area contributed by atoms with Gasteiger partial charge in [0.1, 0.15) is 0 Å². The van der Waals surface area contributed by atoms with E-state index in [-0.39, 0.29) is 0 Å². The highest BCUT2D eigenvalue weighted by Gasteiger charge is 2.02. The third kappa shape index (κ3) is 5.34. The van der Waals surface area contributed by atoms with Crippen LogP contribution in [0, 0.1) is 0 Å². The van der Waals surface area contributed by atoms with Crippen molar-refractivity contribution >= 4 is 23.1 Å². The third-order valence-corrected chi connectivity index (χ3v) is 3.86. The van der Waals surface area contributed by atoms with Crippen molar-refractivity contribution in [3.05, 3.63) is 59.7 Å². The molecular formula is C17H19N3O2S. The maximum atomic E-state index is 5.84. The lowest BCUT2D eigenvalue weighted by atomic mass is 10.2. The van der Waals surface area contributed by atoms with Gasteiger partial charge in [-0.1, -0.05) is 42.1 Å². The van der Waals surface area contributed by atoms with E-state index in [2.05, 4.69) is 10.2 Å². The van der Waals surface area contributed by atoms with Crippen molar-refractivity contribution in [2.24, 2.45) is 15.9 Å². The molecule has 2 N–H and O–H groups in total. The molecular weight excluding hydrogens is 310 g/mol. The average molecular weight is 329 g/mol. The van der Waals surface area contributed by atoms with Crippen LogP contribution in [0.15, 0.2) is 58.7 Å². The molecule has 0 unspecified atom stereocenters. The highest BCUT2D eigenvalue weighted by Crippen LogP contribution is 2.26. The van der Waals surface area contributed by atoms with Gasteiger partial charge in [-0.05, 0) is 29.3 Å². The summed E-state index contributed by atoms with van der Waals surface area (Å²) in [4.78, 5) is 0. The van der Waals surface area contributed by atoms with Crippen molar-refractivity contribution < 1.29 is 9.47 Å². The Morgan fingerprint density at radius 3 is 2.52 bits per heavy atom. The Kier molecular flexibility index (Phi) is 6.50. The molecule has 0 aliphatic heterocycles. The molecule has 0 saturated carbocycles. The fourth-order valence-electron chi connectivity index (χ4n) is 1.85.